The lowest BCUT2D eigenvalue weighted by Crippen LogP contribution is -2.33. The number of benzene rings is 1. The molecule has 0 aliphatic heterocycles. The van der Waals surface area contributed by atoms with E-state index >= 15 is 0 Å². The van der Waals surface area contributed by atoms with E-state index in [1.807, 2.05) is 6.07 Å². The highest BCUT2D eigenvalue weighted by atomic mass is 32.1. The van der Waals surface area contributed by atoms with Crippen molar-refractivity contribution in [3.63, 3.8) is 0 Å². The second kappa shape index (κ2) is 6.63. The third-order valence-electron chi connectivity index (χ3n) is 3.32. The average Bonchev–Trinajstić information content (AvgIpc) is 2.46. The number of rotatable bonds is 6. The predicted octanol–water partition coefficient (Wildman–Crippen LogP) is 2.93. The van der Waals surface area contributed by atoms with E-state index in [2.05, 4.69) is 53.6 Å². The van der Waals surface area contributed by atoms with E-state index in [1.165, 1.54) is 5.56 Å². The molecule has 0 unspecified atom stereocenters. The monoisotopic (exact) mass is 300 g/mol. The molecule has 1 aromatic carbocycles. The van der Waals surface area contributed by atoms with Crippen LogP contribution in [0, 0.1) is 0 Å². The summed E-state index contributed by atoms with van der Waals surface area (Å²) < 4.78 is 0. The van der Waals surface area contributed by atoms with Gasteiger partial charge in [0.05, 0.1) is 11.8 Å². The maximum absolute atomic E-state index is 5.72. The molecule has 2 rings (SSSR count). The lowest BCUT2D eigenvalue weighted by molar-refractivity contribution is 0.515. The molecule has 110 valence electrons. The van der Waals surface area contributed by atoms with Crippen LogP contribution in [0.25, 0.3) is 0 Å². The predicted molar refractivity (Wildman–Crippen MR) is 90.4 cm³/mol. The minimum absolute atomic E-state index is 0.134. The second-order valence-corrected chi connectivity index (χ2v) is 6.09. The Morgan fingerprint density at radius 3 is 2.62 bits per heavy atom. The molecule has 21 heavy (non-hydrogen) atoms. The summed E-state index contributed by atoms with van der Waals surface area (Å²) in [7, 11) is 0. The molecular formula is C16H20N4S. The highest BCUT2D eigenvalue weighted by molar-refractivity contribution is 7.80. The first kappa shape index (κ1) is 15.4. The van der Waals surface area contributed by atoms with Gasteiger partial charge in [0.15, 0.2) is 5.82 Å². The van der Waals surface area contributed by atoms with Crippen LogP contribution >= 0.6 is 12.2 Å². The number of thiocarbonyl (C=S) groups is 1. The molecule has 4 nitrogen and oxygen atoms in total. The maximum Gasteiger partial charge on any atom is 0.159 e. The van der Waals surface area contributed by atoms with Crippen LogP contribution in [0.2, 0.25) is 0 Å². The zero-order valence-electron chi connectivity index (χ0n) is 12.3. The standard InChI is InChI=1S/C16H20N4S/c1-16(2,10-8-12-6-4-3-5-7-12)19-15-13(14(17)21)9-11-18-20-15/h3-7,9,11H,8,10H2,1-2H3,(H2,17,21)(H,19,20). The van der Waals surface area contributed by atoms with Crippen LogP contribution in [0.5, 0.6) is 0 Å². The van der Waals surface area contributed by atoms with Gasteiger partial charge >= 0.3 is 0 Å². The zero-order chi connectivity index (χ0) is 15.3. The molecule has 0 atom stereocenters. The number of anilines is 1. The maximum atomic E-state index is 5.72. The number of aromatic nitrogens is 2. The van der Waals surface area contributed by atoms with Gasteiger partial charge in [-0.1, -0.05) is 42.5 Å². The van der Waals surface area contributed by atoms with Gasteiger partial charge in [-0.05, 0) is 38.3 Å². The molecule has 0 aliphatic rings. The number of hydrogen-bond donors (Lipinski definition) is 2. The highest BCUT2D eigenvalue weighted by Gasteiger charge is 2.20. The van der Waals surface area contributed by atoms with Crippen molar-refractivity contribution < 1.29 is 0 Å². The van der Waals surface area contributed by atoms with Crippen molar-refractivity contribution >= 4 is 23.0 Å². The van der Waals surface area contributed by atoms with Crippen LogP contribution in [0.1, 0.15) is 31.4 Å². The Bertz CT molecular complexity index is 611. The molecule has 0 fully saturated rings. The van der Waals surface area contributed by atoms with Crippen molar-refractivity contribution in [3.8, 4) is 0 Å². The van der Waals surface area contributed by atoms with Gasteiger partial charge in [0.2, 0.25) is 0 Å². The van der Waals surface area contributed by atoms with Gasteiger partial charge in [0, 0.05) is 5.54 Å². The summed E-state index contributed by atoms with van der Waals surface area (Å²) >= 11 is 5.05. The van der Waals surface area contributed by atoms with Crippen molar-refractivity contribution in [3.05, 3.63) is 53.7 Å². The first-order chi connectivity index (χ1) is 9.98. The molecule has 0 bridgehead atoms. The molecule has 2 aromatic rings. The Hall–Kier alpha value is -2.01. The van der Waals surface area contributed by atoms with Crippen LogP contribution in [-0.4, -0.2) is 20.7 Å². The average molecular weight is 300 g/mol. The molecule has 5 heteroatoms. The molecule has 0 amide bonds. The van der Waals surface area contributed by atoms with Crippen LogP contribution in [-0.2, 0) is 6.42 Å². The lowest BCUT2D eigenvalue weighted by Gasteiger charge is -2.27. The number of nitrogens with zero attached hydrogens (tertiary/aromatic N) is 2. The molecule has 3 N–H and O–H groups in total. The normalized spacial score (nSPS) is 11.1. The quantitative estimate of drug-likeness (QED) is 0.803. The summed E-state index contributed by atoms with van der Waals surface area (Å²) in [5.41, 5.74) is 7.64. The summed E-state index contributed by atoms with van der Waals surface area (Å²) in [5.74, 6) is 0.642. The Kier molecular flexibility index (Phi) is 4.85. The van der Waals surface area contributed by atoms with Gasteiger partial charge in [-0.2, -0.15) is 5.10 Å². The van der Waals surface area contributed by atoms with Gasteiger partial charge in [0.25, 0.3) is 0 Å². The van der Waals surface area contributed by atoms with Crippen LogP contribution in [0.3, 0.4) is 0 Å². The fraction of sp³-hybridized carbons (Fsp3) is 0.312. The van der Waals surface area contributed by atoms with Crippen LogP contribution < -0.4 is 11.1 Å². The first-order valence-corrected chi connectivity index (χ1v) is 7.32. The lowest BCUT2D eigenvalue weighted by atomic mass is 9.95. The van der Waals surface area contributed by atoms with Gasteiger partial charge in [-0.15, -0.1) is 5.10 Å². The molecular weight excluding hydrogens is 280 g/mol. The molecule has 0 radical (unpaired) electrons. The van der Waals surface area contributed by atoms with Crippen molar-refractivity contribution in [1.82, 2.24) is 10.2 Å². The molecule has 0 aliphatic carbocycles. The van der Waals surface area contributed by atoms with Crippen LogP contribution in [0.4, 0.5) is 5.82 Å². The third-order valence-corrected chi connectivity index (χ3v) is 3.54. The van der Waals surface area contributed by atoms with E-state index in [0.717, 1.165) is 18.4 Å². The van der Waals surface area contributed by atoms with Crippen molar-refractivity contribution in [2.45, 2.75) is 32.2 Å². The number of hydrogen-bond acceptors (Lipinski definition) is 4. The van der Waals surface area contributed by atoms with E-state index in [9.17, 15) is 0 Å². The zero-order valence-corrected chi connectivity index (χ0v) is 13.2. The van der Waals surface area contributed by atoms with Crippen LogP contribution in [0.15, 0.2) is 42.6 Å². The Balaban J connectivity index is 2.05. The number of nitrogens with one attached hydrogen (secondary N) is 1. The second-order valence-electron chi connectivity index (χ2n) is 5.65. The van der Waals surface area contributed by atoms with E-state index < -0.39 is 0 Å². The molecule has 1 heterocycles. The van der Waals surface area contributed by atoms with Crippen molar-refractivity contribution in [1.29, 1.82) is 0 Å². The highest BCUT2D eigenvalue weighted by Crippen LogP contribution is 2.21. The summed E-state index contributed by atoms with van der Waals surface area (Å²) in [6.45, 7) is 4.27. The van der Waals surface area contributed by atoms with Gasteiger partial charge in [-0.25, -0.2) is 0 Å². The Morgan fingerprint density at radius 1 is 1.24 bits per heavy atom. The molecule has 0 saturated carbocycles. The van der Waals surface area contributed by atoms with E-state index in [1.54, 1.807) is 12.3 Å². The minimum Gasteiger partial charge on any atom is -0.389 e. The summed E-state index contributed by atoms with van der Waals surface area (Å²) in [6, 6.07) is 12.2. The van der Waals surface area contributed by atoms with E-state index in [4.69, 9.17) is 18.0 Å². The number of nitrogens with two attached hydrogens (primary N) is 1. The van der Waals surface area contributed by atoms with Gasteiger partial charge in [-0.3, -0.25) is 0 Å². The first-order valence-electron chi connectivity index (χ1n) is 6.91. The fourth-order valence-electron chi connectivity index (χ4n) is 2.11. The summed E-state index contributed by atoms with van der Waals surface area (Å²) in [4.78, 5) is 0.325. The fourth-order valence-corrected chi connectivity index (χ4v) is 2.27. The SMILES string of the molecule is CC(C)(CCc1ccccc1)Nc1nnccc1C(N)=S. The largest absolute Gasteiger partial charge is 0.389 e. The van der Waals surface area contributed by atoms with E-state index in [-0.39, 0.29) is 5.54 Å². The van der Waals surface area contributed by atoms with Crippen molar-refractivity contribution in [2.24, 2.45) is 5.73 Å². The molecule has 1 aromatic heterocycles. The minimum atomic E-state index is -0.134. The smallest absolute Gasteiger partial charge is 0.159 e. The molecule has 0 spiro atoms. The van der Waals surface area contributed by atoms with Crippen molar-refractivity contribution in [2.75, 3.05) is 5.32 Å². The Morgan fingerprint density at radius 2 is 1.95 bits per heavy atom. The third kappa shape index (κ3) is 4.49. The van der Waals surface area contributed by atoms with E-state index in [0.29, 0.717) is 10.8 Å². The summed E-state index contributed by atoms with van der Waals surface area (Å²) in [6.07, 6.45) is 3.55. The molecule has 0 saturated heterocycles. The van der Waals surface area contributed by atoms with Gasteiger partial charge < -0.3 is 11.1 Å². The summed E-state index contributed by atoms with van der Waals surface area (Å²) in [5, 5.41) is 11.4. The Labute approximate surface area is 130 Å². The van der Waals surface area contributed by atoms with Gasteiger partial charge in [0.1, 0.15) is 4.99 Å². The topological polar surface area (TPSA) is 63.8 Å². The number of aryl methyl sites for hydroxylation is 1.